The van der Waals surface area contributed by atoms with Gasteiger partial charge in [0.05, 0.1) is 6.61 Å². The quantitative estimate of drug-likeness (QED) is 0.840. The van der Waals surface area contributed by atoms with E-state index in [1.54, 1.807) is 0 Å². The van der Waals surface area contributed by atoms with E-state index in [1.165, 1.54) is 5.56 Å². The lowest BCUT2D eigenvalue weighted by Gasteiger charge is -2.13. The maximum absolute atomic E-state index is 5.43. The van der Waals surface area contributed by atoms with Crippen LogP contribution in [0.15, 0.2) is 36.4 Å². The SMILES string of the molecule is CCOc1cc(C)nc(NCCC(C)c2ccccc2)n1. The minimum Gasteiger partial charge on any atom is -0.478 e. The van der Waals surface area contributed by atoms with Gasteiger partial charge < -0.3 is 10.1 Å². The van der Waals surface area contributed by atoms with Crippen LogP contribution in [0.3, 0.4) is 0 Å². The van der Waals surface area contributed by atoms with E-state index in [2.05, 4.69) is 46.5 Å². The second kappa shape index (κ2) is 7.62. The molecule has 4 heteroatoms. The summed E-state index contributed by atoms with van der Waals surface area (Å²) in [5.41, 5.74) is 2.27. The summed E-state index contributed by atoms with van der Waals surface area (Å²) < 4.78 is 5.43. The summed E-state index contributed by atoms with van der Waals surface area (Å²) >= 11 is 0. The van der Waals surface area contributed by atoms with Crippen LogP contribution in [0.2, 0.25) is 0 Å². The van der Waals surface area contributed by atoms with E-state index in [4.69, 9.17) is 4.74 Å². The van der Waals surface area contributed by atoms with Crippen molar-refractivity contribution in [2.75, 3.05) is 18.5 Å². The van der Waals surface area contributed by atoms with E-state index in [1.807, 2.05) is 26.0 Å². The van der Waals surface area contributed by atoms with E-state index in [0.29, 0.717) is 24.4 Å². The minimum absolute atomic E-state index is 0.509. The Morgan fingerprint density at radius 3 is 2.67 bits per heavy atom. The maximum atomic E-state index is 5.43. The van der Waals surface area contributed by atoms with Crippen LogP contribution >= 0.6 is 0 Å². The molecule has 1 aromatic heterocycles. The maximum Gasteiger partial charge on any atom is 0.226 e. The first-order valence-electron chi connectivity index (χ1n) is 7.46. The van der Waals surface area contributed by atoms with E-state index < -0.39 is 0 Å². The van der Waals surface area contributed by atoms with Crippen molar-refractivity contribution in [1.82, 2.24) is 9.97 Å². The summed E-state index contributed by atoms with van der Waals surface area (Å²) in [6.07, 6.45) is 1.03. The highest BCUT2D eigenvalue weighted by Crippen LogP contribution is 2.18. The molecule has 0 saturated heterocycles. The van der Waals surface area contributed by atoms with Crippen molar-refractivity contribution in [2.24, 2.45) is 0 Å². The molecule has 112 valence electrons. The molecule has 0 aliphatic carbocycles. The molecule has 1 atom stereocenters. The highest BCUT2D eigenvalue weighted by atomic mass is 16.5. The van der Waals surface area contributed by atoms with Gasteiger partial charge in [0.15, 0.2) is 0 Å². The van der Waals surface area contributed by atoms with Crippen molar-refractivity contribution in [1.29, 1.82) is 0 Å². The third-order valence-corrected chi connectivity index (χ3v) is 3.35. The first-order chi connectivity index (χ1) is 10.2. The zero-order chi connectivity index (χ0) is 15.1. The number of ether oxygens (including phenoxy) is 1. The lowest BCUT2D eigenvalue weighted by atomic mass is 9.98. The predicted molar refractivity (Wildman–Crippen MR) is 85.9 cm³/mol. The second-order valence-corrected chi connectivity index (χ2v) is 5.13. The van der Waals surface area contributed by atoms with Gasteiger partial charge in [-0.25, -0.2) is 4.98 Å². The molecule has 0 spiro atoms. The molecule has 0 saturated carbocycles. The number of nitrogens with zero attached hydrogens (tertiary/aromatic N) is 2. The van der Waals surface area contributed by atoms with Crippen molar-refractivity contribution in [2.45, 2.75) is 33.1 Å². The lowest BCUT2D eigenvalue weighted by Crippen LogP contribution is -2.10. The Balaban J connectivity index is 1.88. The summed E-state index contributed by atoms with van der Waals surface area (Å²) in [7, 11) is 0. The average molecular weight is 285 g/mol. The lowest BCUT2D eigenvalue weighted by molar-refractivity contribution is 0.326. The number of aromatic nitrogens is 2. The fourth-order valence-corrected chi connectivity index (χ4v) is 2.19. The van der Waals surface area contributed by atoms with Crippen LogP contribution in [0.1, 0.15) is 37.4 Å². The molecule has 1 aromatic carbocycles. The van der Waals surface area contributed by atoms with Gasteiger partial charge in [0.2, 0.25) is 11.8 Å². The van der Waals surface area contributed by atoms with Crippen LogP contribution in [0.25, 0.3) is 0 Å². The Morgan fingerprint density at radius 1 is 1.19 bits per heavy atom. The summed E-state index contributed by atoms with van der Waals surface area (Å²) in [6.45, 7) is 7.58. The molecule has 0 amide bonds. The molecule has 0 aliphatic rings. The molecular formula is C17H23N3O. The number of anilines is 1. The van der Waals surface area contributed by atoms with Gasteiger partial charge >= 0.3 is 0 Å². The number of hydrogen-bond acceptors (Lipinski definition) is 4. The van der Waals surface area contributed by atoms with Crippen LogP contribution in [0.5, 0.6) is 5.88 Å². The van der Waals surface area contributed by atoms with Gasteiger partial charge in [-0.05, 0) is 31.7 Å². The Hall–Kier alpha value is -2.10. The largest absolute Gasteiger partial charge is 0.478 e. The number of nitrogens with one attached hydrogen (secondary N) is 1. The minimum atomic E-state index is 0.509. The Bertz CT molecular complexity index is 557. The van der Waals surface area contributed by atoms with Gasteiger partial charge in [0.1, 0.15) is 0 Å². The number of hydrogen-bond donors (Lipinski definition) is 1. The molecule has 21 heavy (non-hydrogen) atoms. The average Bonchev–Trinajstić information content (AvgIpc) is 2.48. The zero-order valence-corrected chi connectivity index (χ0v) is 13.0. The Labute approximate surface area is 126 Å². The van der Waals surface area contributed by atoms with E-state index in [0.717, 1.165) is 18.7 Å². The van der Waals surface area contributed by atoms with Gasteiger partial charge in [-0.15, -0.1) is 0 Å². The summed E-state index contributed by atoms with van der Waals surface area (Å²) in [5.74, 6) is 1.78. The van der Waals surface area contributed by atoms with Crippen LogP contribution in [-0.2, 0) is 0 Å². The number of benzene rings is 1. The van der Waals surface area contributed by atoms with Gasteiger partial charge in [-0.2, -0.15) is 4.98 Å². The molecule has 1 unspecified atom stereocenters. The molecule has 1 N–H and O–H groups in total. The van der Waals surface area contributed by atoms with Crippen LogP contribution < -0.4 is 10.1 Å². The third-order valence-electron chi connectivity index (χ3n) is 3.35. The third kappa shape index (κ3) is 4.74. The monoisotopic (exact) mass is 285 g/mol. The van der Waals surface area contributed by atoms with E-state index in [-0.39, 0.29) is 0 Å². The second-order valence-electron chi connectivity index (χ2n) is 5.13. The molecule has 4 nitrogen and oxygen atoms in total. The summed E-state index contributed by atoms with van der Waals surface area (Å²) in [5, 5.41) is 3.28. The number of aryl methyl sites for hydroxylation is 1. The standard InChI is InChI=1S/C17H23N3O/c1-4-21-16-12-14(3)19-17(20-16)18-11-10-13(2)15-8-6-5-7-9-15/h5-9,12-13H,4,10-11H2,1-3H3,(H,18,19,20). The highest BCUT2D eigenvalue weighted by molar-refractivity contribution is 5.30. The van der Waals surface area contributed by atoms with Crippen molar-refractivity contribution in [3.05, 3.63) is 47.7 Å². The van der Waals surface area contributed by atoms with Crippen molar-refractivity contribution >= 4 is 5.95 Å². The zero-order valence-electron chi connectivity index (χ0n) is 13.0. The van der Waals surface area contributed by atoms with Crippen LogP contribution in [-0.4, -0.2) is 23.1 Å². The number of rotatable bonds is 7. The van der Waals surface area contributed by atoms with Crippen LogP contribution in [0, 0.1) is 6.92 Å². The van der Waals surface area contributed by atoms with Crippen molar-refractivity contribution in [3.8, 4) is 5.88 Å². The molecule has 2 aromatic rings. The van der Waals surface area contributed by atoms with Gasteiger partial charge in [-0.3, -0.25) is 0 Å². The predicted octanol–water partition coefficient (Wildman–Crippen LogP) is 3.79. The van der Waals surface area contributed by atoms with Crippen LogP contribution in [0.4, 0.5) is 5.95 Å². The fraction of sp³-hybridized carbons (Fsp3) is 0.412. The molecule has 0 aliphatic heterocycles. The van der Waals surface area contributed by atoms with Crippen molar-refractivity contribution < 1.29 is 4.74 Å². The molecule has 0 bridgehead atoms. The fourth-order valence-electron chi connectivity index (χ4n) is 2.19. The normalized spacial score (nSPS) is 12.0. The summed E-state index contributed by atoms with van der Waals surface area (Å²) in [6, 6.07) is 12.4. The smallest absolute Gasteiger partial charge is 0.226 e. The molecule has 0 radical (unpaired) electrons. The summed E-state index contributed by atoms with van der Waals surface area (Å²) in [4.78, 5) is 8.73. The first-order valence-corrected chi connectivity index (χ1v) is 7.46. The molecule has 1 heterocycles. The first kappa shape index (κ1) is 15.3. The molecule has 0 fully saturated rings. The van der Waals surface area contributed by atoms with Gasteiger partial charge in [0.25, 0.3) is 0 Å². The van der Waals surface area contributed by atoms with Crippen molar-refractivity contribution in [3.63, 3.8) is 0 Å². The topological polar surface area (TPSA) is 47.0 Å². The van der Waals surface area contributed by atoms with Gasteiger partial charge in [-0.1, -0.05) is 37.3 Å². The molecular weight excluding hydrogens is 262 g/mol. The highest BCUT2D eigenvalue weighted by Gasteiger charge is 2.06. The van der Waals surface area contributed by atoms with E-state index in [9.17, 15) is 0 Å². The van der Waals surface area contributed by atoms with E-state index >= 15 is 0 Å². The van der Waals surface area contributed by atoms with Gasteiger partial charge in [0, 0.05) is 18.3 Å². The Morgan fingerprint density at radius 2 is 1.95 bits per heavy atom. The Kier molecular flexibility index (Phi) is 5.55. The molecule has 2 rings (SSSR count).